The molecule has 0 bridgehead atoms. The number of nitro groups is 1. The zero-order valence-corrected chi connectivity index (χ0v) is 13.6. The van der Waals surface area contributed by atoms with Gasteiger partial charge in [0.05, 0.1) is 21.1 Å². The van der Waals surface area contributed by atoms with E-state index in [0.29, 0.717) is 11.3 Å². The molecule has 0 radical (unpaired) electrons. The summed E-state index contributed by atoms with van der Waals surface area (Å²) in [4.78, 5) is 24.7. The molecule has 0 N–H and O–H groups in total. The van der Waals surface area contributed by atoms with E-state index in [2.05, 4.69) is 0 Å². The van der Waals surface area contributed by atoms with Crippen molar-refractivity contribution in [1.82, 2.24) is 0 Å². The molecule has 0 unspecified atom stereocenters. The first-order chi connectivity index (χ1) is 11.5. The summed E-state index contributed by atoms with van der Waals surface area (Å²) in [6.45, 7) is 0. The van der Waals surface area contributed by atoms with Crippen LogP contribution in [-0.4, -0.2) is 15.2 Å². The highest BCUT2D eigenvalue weighted by atomic mass is 32.2. The first-order valence-electron chi connectivity index (χ1n) is 6.74. The molecule has 3 rings (SSSR count). The summed E-state index contributed by atoms with van der Waals surface area (Å²) in [7, 11) is 0. The number of nitro benzene ring substituents is 1. The molecular formula is C16H9FN2O3S2. The zero-order chi connectivity index (χ0) is 17.3. The summed E-state index contributed by atoms with van der Waals surface area (Å²) in [5.74, 6) is -0.811. The van der Waals surface area contributed by atoms with Crippen molar-refractivity contribution in [3.63, 3.8) is 0 Å². The topological polar surface area (TPSA) is 63.4 Å². The summed E-state index contributed by atoms with van der Waals surface area (Å²) >= 11 is 6.26. The maximum atomic E-state index is 13.0. The summed E-state index contributed by atoms with van der Waals surface area (Å²) in [6, 6.07) is 11.5. The van der Waals surface area contributed by atoms with E-state index in [1.165, 1.54) is 41.3 Å². The molecule has 2 aromatic rings. The smallest absolute Gasteiger partial charge is 0.268 e. The third kappa shape index (κ3) is 3.06. The second-order valence-corrected chi connectivity index (χ2v) is 6.49. The molecule has 0 spiro atoms. The predicted molar refractivity (Wildman–Crippen MR) is 95.1 cm³/mol. The summed E-state index contributed by atoms with van der Waals surface area (Å²) in [5, 5.41) is 11.1. The lowest BCUT2D eigenvalue weighted by atomic mass is 10.1. The zero-order valence-electron chi connectivity index (χ0n) is 12.0. The maximum absolute atomic E-state index is 13.0. The summed E-state index contributed by atoms with van der Waals surface area (Å²) in [6.07, 6.45) is 1.45. The number of rotatable bonds is 3. The molecular weight excluding hydrogens is 351 g/mol. The van der Waals surface area contributed by atoms with Gasteiger partial charge in [-0.3, -0.25) is 19.8 Å². The Balaban J connectivity index is 1.97. The van der Waals surface area contributed by atoms with Crippen molar-refractivity contribution in [2.45, 2.75) is 0 Å². The van der Waals surface area contributed by atoms with Crippen LogP contribution >= 0.6 is 24.0 Å². The average molecular weight is 360 g/mol. The number of benzene rings is 2. The van der Waals surface area contributed by atoms with Gasteiger partial charge < -0.3 is 0 Å². The summed E-state index contributed by atoms with van der Waals surface area (Å²) < 4.78 is 13.3. The molecule has 1 fully saturated rings. The molecule has 0 atom stereocenters. The second kappa shape index (κ2) is 6.50. The molecule has 8 heteroatoms. The number of halogens is 1. The van der Waals surface area contributed by atoms with Crippen molar-refractivity contribution in [3.05, 3.63) is 74.9 Å². The lowest BCUT2D eigenvalue weighted by Crippen LogP contribution is -2.27. The van der Waals surface area contributed by atoms with Gasteiger partial charge >= 0.3 is 0 Å². The molecule has 0 aliphatic carbocycles. The van der Waals surface area contributed by atoms with Crippen LogP contribution in [0.2, 0.25) is 0 Å². The number of anilines is 1. The predicted octanol–water partition coefficient (Wildman–Crippen LogP) is 4.14. The van der Waals surface area contributed by atoms with Crippen molar-refractivity contribution in [2.24, 2.45) is 0 Å². The SMILES string of the molecule is O=C1/C(=C\c2ccccc2[N+](=O)[O-])SC(=S)N1c1ccc(F)cc1. The molecule has 0 aromatic heterocycles. The first kappa shape index (κ1) is 16.3. The Morgan fingerprint density at radius 3 is 2.50 bits per heavy atom. The van der Waals surface area contributed by atoms with Gasteiger partial charge in [-0.25, -0.2) is 4.39 Å². The van der Waals surface area contributed by atoms with Gasteiger partial charge in [-0.05, 0) is 36.4 Å². The third-order valence-electron chi connectivity index (χ3n) is 3.30. The van der Waals surface area contributed by atoms with Gasteiger partial charge in [-0.1, -0.05) is 36.1 Å². The fourth-order valence-electron chi connectivity index (χ4n) is 2.20. The average Bonchev–Trinajstić information content (AvgIpc) is 2.83. The van der Waals surface area contributed by atoms with Gasteiger partial charge in [0.2, 0.25) is 0 Å². The number of hydrogen-bond donors (Lipinski definition) is 0. The number of para-hydroxylation sites is 1. The van der Waals surface area contributed by atoms with Crippen molar-refractivity contribution in [1.29, 1.82) is 0 Å². The summed E-state index contributed by atoms with van der Waals surface area (Å²) in [5.41, 5.74) is 0.677. The Bertz CT molecular complexity index is 881. The van der Waals surface area contributed by atoms with Crippen LogP contribution in [0.3, 0.4) is 0 Å². The van der Waals surface area contributed by atoms with Crippen molar-refractivity contribution < 1.29 is 14.1 Å². The monoisotopic (exact) mass is 360 g/mol. The van der Waals surface area contributed by atoms with E-state index >= 15 is 0 Å². The van der Waals surface area contributed by atoms with Crippen molar-refractivity contribution in [3.8, 4) is 0 Å². The van der Waals surface area contributed by atoms with Crippen LogP contribution in [0.25, 0.3) is 6.08 Å². The van der Waals surface area contributed by atoms with E-state index in [4.69, 9.17) is 12.2 Å². The quantitative estimate of drug-likeness (QED) is 0.356. The maximum Gasteiger partial charge on any atom is 0.276 e. The normalized spacial score (nSPS) is 16.0. The minimum Gasteiger partial charge on any atom is -0.268 e. The number of hydrogen-bond acceptors (Lipinski definition) is 5. The lowest BCUT2D eigenvalue weighted by Gasteiger charge is -2.14. The Kier molecular flexibility index (Phi) is 4.41. The van der Waals surface area contributed by atoms with Crippen LogP contribution < -0.4 is 4.90 Å². The van der Waals surface area contributed by atoms with Gasteiger partial charge in [-0.2, -0.15) is 0 Å². The largest absolute Gasteiger partial charge is 0.276 e. The van der Waals surface area contributed by atoms with Gasteiger partial charge in [0.25, 0.3) is 11.6 Å². The standard InChI is InChI=1S/C16H9FN2O3S2/c17-11-5-7-12(8-6-11)18-15(20)14(24-16(18)23)9-10-3-1-2-4-13(10)19(21)22/h1-9H/b14-9+. The first-order valence-corrected chi connectivity index (χ1v) is 7.97. The number of carbonyl (C=O) groups excluding carboxylic acids is 1. The highest BCUT2D eigenvalue weighted by Crippen LogP contribution is 2.37. The molecule has 120 valence electrons. The molecule has 2 aromatic carbocycles. The van der Waals surface area contributed by atoms with Gasteiger partial charge in [0, 0.05) is 6.07 Å². The fourth-order valence-corrected chi connectivity index (χ4v) is 3.49. The minimum absolute atomic E-state index is 0.0930. The number of thiocarbonyl (C=S) groups is 1. The Morgan fingerprint density at radius 1 is 1.17 bits per heavy atom. The highest BCUT2D eigenvalue weighted by molar-refractivity contribution is 8.27. The van der Waals surface area contributed by atoms with Crippen LogP contribution in [-0.2, 0) is 4.79 Å². The van der Waals surface area contributed by atoms with Gasteiger partial charge in [0.1, 0.15) is 5.82 Å². The van der Waals surface area contributed by atoms with E-state index in [0.717, 1.165) is 11.8 Å². The molecule has 1 aliphatic heterocycles. The Hall–Kier alpha value is -2.58. The van der Waals surface area contributed by atoms with E-state index in [9.17, 15) is 19.3 Å². The minimum atomic E-state index is -0.507. The van der Waals surface area contributed by atoms with Crippen LogP contribution in [0.5, 0.6) is 0 Å². The van der Waals surface area contributed by atoms with Gasteiger partial charge in [0.15, 0.2) is 4.32 Å². The second-order valence-electron chi connectivity index (χ2n) is 4.81. The lowest BCUT2D eigenvalue weighted by molar-refractivity contribution is -0.385. The molecule has 5 nitrogen and oxygen atoms in total. The third-order valence-corrected chi connectivity index (χ3v) is 4.60. The molecule has 0 saturated carbocycles. The van der Waals surface area contributed by atoms with Gasteiger partial charge in [-0.15, -0.1) is 0 Å². The van der Waals surface area contributed by atoms with Crippen molar-refractivity contribution >= 4 is 51.7 Å². The van der Waals surface area contributed by atoms with E-state index in [1.807, 2.05) is 0 Å². The van der Waals surface area contributed by atoms with E-state index in [1.54, 1.807) is 18.2 Å². The number of thioether (sulfide) groups is 1. The van der Waals surface area contributed by atoms with Crippen LogP contribution in [0, 0.1) is 15.9 Å². The van der Waals surface area contributed by atoms with Crippen LogP contribution in [0.15, 0.2) is 53.4 Å². The number of amides is 1. The van der Waals surface area contributed by atoms with Crippen LogP contribution in [0.4, 0.5) is 15.8 Å². The number of carbonyl (C=O) groups is 1. The van der Waals surface area contributed by atoms with E-state index in [-0.39, 0.29) is 14.9 Å². The van der Waals surface area contributed by atoms with Crippen LogP contribution in [0.1, 0.15) is 5.56 Å². The van der Waals surface area contributed by atoms with Crippen molar-refractivity contribution in [2.75, 3.05) is 4.90 Å². The van der Waals surface area contributed by atoms with E-state index < -0.39 is 16.6 Å². The molecule has 1 aliphatic rings. The molecule has 1 saturated heterocycles. The molecule has 1 amide bonds. The fraction of sp³-hybridized carbons (Fsp3) is 0. The Morgan fingerprint density at radius 2 is 1.83 bits per heavy atom. The Labute approximate surface area is 145 Å². The molecule has 24 heavy (non-hydrogen) atoms. The number of nitrogens with zero attached hydrogens (tertiary/aromatic N) is 2. The molecule has 1 heterocycles. The highest BCUT2D eigenvalue weighted by Gasteiger charge is 2.33.